The Labute approximate surface area is 153 Å². The molecule has 5 rings (SSSR count). The second-order valence-electron chi connectivity index (χ2n) is 7.87. The van der Waals surface area contributed by atoms with Crippen LogP contribution >= 0.6 is 0 Å². The monoisotopic (exact) mass is 347 g/mol. The smallest absolute Gasteiger partial charge is 0.170 e. The second-order valence-corrected chi connectivity index (χ2v) is 7.87. The van der Waals surface area contributed by atoms with Crippen LogP contribution in [0, 0.1) is 12.8 Å². The number of nitrogens with zero attached hydrogens (tertiary/aromatic N) is 3. The van der Waals surface area contributed by atoms with Crippen molar-refractivity contribution < 1.29 is 4.79 Å². The average molecular weight is 347 g/mol. The molecule has 0 amide bonds. The van der Waals surface area contributed by atoms with Crippen LogP contribution in [0.15, 0.2) is 36.7 Å². The Hall–Kier alpha value is -2.36. The number of carbonyl (C=O) groups is 1. The van der Waals surface area contributed by atoms with Crippen LogP contribution in [0.25, 0.3) is 10.9 Å². The fourth-order valence-electron chi connectivity index (χ4n) is 5.07. The molecule has 2 aliphatic carbocycles. The van der Waals surface area contributed by atoms with E-state index in [1.165, 1.54) is 36.9 Å². The van der Waals surface area contributed by atoms with Crippen LogP contribution in [-0.4, -0.2) is 19.9 Å². The van der Waals surface area contributed by atoms with Gasteiger partial charge in [0.05, 0.1) is 0 Å². The molecule has 26 heavy (non-hydrogen) atoms. The van der Waals surface area contributed by atoms with Crippen molar-refractivity contribution in [1.29, 1.82) is 0 Å². The molecule has 1 saturated carbocycles. The molecule has 3 aromatic rings. The Morgan fingerprint density at radius 3 is 2.73 bits per heavy atom. The van der Waals surface area contributed by atoms with Crippen LogP contribution < -0.4 is 0 Å². The van der Waals surface area contributed by atoms with Gasteiger partial charge in [-0.3, -0.25) is 4.79 Å². The van der Waals surface area contributed by atoms with Gasteiger partial charge in [0.25, 0.3) is 0 Å². The molecule has 0 radical (unpaired) electrons. The van der Waals surface area contributed by atoms with Crippen LogP contribution in [0.1, 0.15) is 60.0 Å². The number of fused-ring (bicyclic) bond motifs is 3. The average Bonchev–Trinajstić information content (AvgIpc) is 3.36. The number of rotatable bonds is 3. The summed E-state index contributed by atoms with van der Waals surface area (Å²) >= 11 is 0. The molecule has 2 heterocycles. The van der Waals surface area contributed by atoms with Crippen molar-refractivity contribution in [3.63, 3.8) is 0 Å². The third kappa shape index (κ3) is 2.35. The van der Waals surface area contributed by atoms with Gasteiger partial charge in [-0.2, -0.15) is 0 Å². The summed E-state index contributed by atoms with van der Waals surface area (Å²) < 4.78 is 4.64. The van der Waals surface area contributed by atoms with E-state index in [0.29, 0.717) is 11.8 Å². The number of benzene rings is 1. The van der Waals surface area contributed by atoms with Crippen molar-refractivity contribution >= 4 is 16.7 Å². The molecule has 4 nitrogen and oxygen atoms in total. The summed E-state index contributed by atoms with van der Waals surface area (Å²) in [5.74, 6) is 1.36. The highest BCUT2D eigenvalue weighted by Gasteiger charge is 2.34. The lowest BCUT2D eigenvalue weighted by molar-refractivity contribution is 0.0887. The predicted octanol–water partition coefficient (Wildman–Crippen LogP) is 4.71. The summed E-state index contributed by atoms with van der Waals surface area (Å²) in [4.78, 5) is 17.8. The maximum atomic E-state index is 13.4. The van der Waals surface area contributed by atoms with Crippen molar-refractivity contribution in [2.75, 3.05) is 0 Å². The van der Waals surface area contributed by atoms with Gasteiger partial charge in [-0.1, -0.05) is 31.0 Å². The molecule has 1 atom stereocenters. The molecule has 0 spiro atoms. The summed E-state index contributed by atoms with van der Waals surface area (Å²) in [6, 6.07) is 9.09. The highest BCUT2D eigenvalue weighted by Crippen LogP contribution is 2.41. The van der Waals surface area contributed by atoms with E-state index in [4.69, 9.17) is 0 Å². The number of carbonyl (C=O) groups excluding carboxylic acids is 1. The Morgan fingerprint density at radius 2 is 1.96 bits per heavy atom. The topological polar surface area (TPSA) is 39.8 Å². The number of aromatic nitrogens is 3. The van der Waals surface area contributed by atoms with Gasteiger partial charge in [-0.05, 0) is 38.7 Å². The zero-order valence-corrected chi connectivity index (χ0v) is 15.3. The fraction of sp³-hybridized carbons (Fsp3) is 0.455. The highest BCUT2D eigenvalue weighted by molar-refractivity contribution is 6.11. The van der Waals surface area contributed by atoms with Gasteiger partial charge < -0.3 is 9.13 Å². The summed E-state index contributed by atoms with van der Waals surface area (Å²) in [5, 5.41) is 1.16. The molecule has 1 aromatic carbocycles. The molecular formula is C22H25N3O. The van der Waals surface area contributed by atoms with E-state index >= 15 is 0 Å². The summed E-state index contributed by atoms with van der Waals surface area (Å²) in [6.07, 6.45) is 10.9. The van der Waals surface area contributed by atoms with Crippen molar-refractivity contribution in [3.05, 3.63) is 53.7 Å². The Kier molecular flexibility index (Phi) is 3.73. The van der Waals surface area contributed by atoms with E-state index in [0.717, 1.165) is 36.2 Å². The zero-order valence-electron chi connectivity index (χ0n) is 15.3. The Morgan fingerprint density at radius 1 is 1.15 bits per heavy atom. The molecule has 2 aliphatic rings. The maximum absolute atomic E-state index is 13.4. The molecule has 2 aromatic heterocycles. The van der Waals surface area contributed by atoms with Crippen molar-refractivity contribution in [1.82, 2.24) is 14.1 Å². The van der Waals surface area contributed by atoms with Gasteiger partial charge in [0.15, 0.2) is 5.78 Å². The molecular weight excluding hydrogens is 322 g/mol. The van der Waals surface area contributed by atoms with Crippen LogP contribution in [0.3, 0.4) is 0 Å². The second kappa shape index (κ2) is 6.11. The quantitative estimate of drug-likeness (QED) is 0.688. The van der Waals surface area contributed by atoms with Gasteiger partial charge >= 0.3 is 0 Å². The summed E-state index contributed by atoms with van der Waals surface area (Å²) in [6.45, 7) is 2.75. The number of hydrogen-bond acceptors (Lipinski definition) is 2. The Bertz CT molecular complexity index is 975. The third-order valence-electron chi connectivity index (χ3n) is 6.39. The van der Waals surface area contributed by atoms with Crippen molar-refractivity contribution in [2.45, 2.75) is 58.0 Å². The van der Waals surface area contributed by atoms with Gasteiger partial charge in [0.1, 0.15) is 5.82 Å². The lowest BCUT2D eigenvalue weighted by atomic mass is 9.84. The van der Waals surface area contributed by atoms with Crippen LogP contribution in [0.4, 0.5) is 0 Å². The van der Waals surface area contributed by atoms with Gasteiger partial charge in [0, 0.05) is 53.1 Å². The predicted molar refractivity (Wildman–Crippen MR) is 103 cm³/mol. The first-order valence-corrected chi connectivity index (χ1v) is 9.88. The Balaban J connectivity index is 1.59. The fourth-order valence-corrected chi connectivity index (χ4v) is 5.07. The third-order valence-corrected chi connectivity index (χ3v) is 6.39. The summed E-state index contributed by atoms with van der Waals surface area (Å²) in [7, 11) is 0. The minimum absolute atomic E-state index is 0.0539. The maximum Gasteiger partial charge on any atom is 0.170 e. The molecule has 0 saturated heterocycles. The first-order chi connectivity index (χ1) is 12.7. The van der Waals surface area contributed by atoms with Gasteiger partial charge in [-0.25, -0.2) is 4.98 Å². The minimum atomic E-state index is 0.0539. The van der Waals surface area contributed by atoms with Gasteiger partial charge in [-0.15, -0.1) is 0 Å². The number of ketones is 1. The molecule has 134 valence electrons. The molecule has 1 fully saturated rings. The molecule has 0 bridgehead atoms. The number of para-hydroxylation sites is 1. The van der Waals surface area contributed by atoms with E-state index in [2.05, 4.69) is 38.4 Å². The summed E-state index contributed by atoms with van der Waals surface area (Å²) in [5.41, 5.74) is 3.56. The lowest BCUT2D eigenvalue weighted by Gasteiger charge is -2.25. The van der Waals surface area contributed by atoms with Crippen LogP contribution in [0.5, 0.6) is 0 Å². The first kappa shape index (κ1) is 15.9. The number of hydrogen-bond donors (Lipinski definition) is 0. The van der Waals surface area contributed by atoms with E-state index in [-0.39, 0.29) is 5.92 Å². The van der Waals surface area contributed by atoms with E-state index in [9.17, 15) is 4.79 Å². The van der Waals surface area contributed by atoms with E-state index in [1.54, 1.807) is 0 Å². The van der Waals surface area contributed by atoms with Crippen molar-refractivity contribution in [3.8, 4) is 0 Å². The molecule has 4 heteroatoms. The molecule has 0 aliphatic heterocycles. The first-order valence-electron chi connectivity index (χ1n) is 9.88. The van der Waals surface area contributed by atoms with Crippen molar-refractivity contribution in [2.24, 2.45) is 5.92 Å². The van der Waals surface area contributed by atoms with Gasteiger partial charge in [0.2, 0.25) is 0 Å². The zero-order chi connectivity index (χ0) is 17.7. The van der Waals surface area contributed by atoms with E-state index in [1.807, 2.05) is 19.3 Å². The number of aryl methyl sites for hydroxylation is 1. The molecule has 0 N–H and O–H groups in total. The SMILES string of the molecule is Cc1nccn1CC1CCc2c(c3ccccc3n2C2CCCC2)C1=O. The highest BCUT2D eigenvalue weighted by atomic mass is 16.1. The van der Waals surface area contributed by atoms with E-state index < -0.39 is 0 Å². The number of Topliss-reactive ketones (excluding diaryl/α,β-unsaturated/α-hetero) is 1. The minimum Gasteiger partial charge on any atom is -0.341 e. The lowest BCUT2D eigenvalue weighted by Crippen LogP contribution is -2.27. The molecule has 1 unspecified atom stereocenters. The largest absolute Gasteiger partial charge is 0.341 e. The van der Waals surface area contributed by atoms with Crippen LogP contribution in [0.2, 0.25) is 0 Å². The standard InChI is InChI=1S/C22H25N3O/c1-15-23-12-13-24(15)14-16-10-11-20-21(22(16)26)18-8-4-5-9-19(18)25(20)17-6-2-3-7-17/h4-5,8-9,12-13,16-17H,2-3,6-7,10-11,14H2,1H3. The number of imidazole rings is 1. The van der Waals surface area contributed by atoms with Crippen LogP contribution in [-0.2, 0) is 13.0 Å². The normalized spacial score (nSPS) is 20.8.